The molecule has 4 nitrogen and oxygen atoms in total. The minimum absolute atomic E-state index is 0.424. The summed E-state index contributed by atoms with van der Waals surface area (Å²) in [6.07, 6.45) is 0. The highest BCUT2D eigenvalue weighted by atomic mass is 79.9. The third-order valence-electron chi connectivity index (χ3n) is 2.05. The predicted octanol–water partition coefficient (Wildman–Crippen LogP) is 3.53. The molecule has 0 aliphatic rings. The van der Waals surface area contributed by atoms with Crippen LogP contribution in [0.25, 0.3) is 0 Å². The number of anilines is 3. The molecule has 0 saturated heterocycles. The second-order valence-corrected chi connectivity index (χ2v) is 4.80. The first-order chi connectivity index (χ1) is 8.04. The summed E-state index contributed by atoms with van der Waals surface area (Å²) in [4.78, 5) is 8.22. The lowest BCUT2D eigenvalue weighted by Gasteiger charge is -2.08. The standard InChI is InChI=1S/C11H10BrClN4/c1-6-15-10(14)5-11(16-6)17-9-3-2-7(12)4-8(9)13/h2-5H,1H3,(H3,14,15,16,17). The van der Waals surface area contributed by atoms with Crippen molar-refractivity contribution in [3.05, 3.63) is 39.6 Å². The first-order valence-corrected chi connectivity index (χ1v) is 6.05. The monoisotopic (exact) mass is 312 g/mol. The molecule has 0 aliphatic carbocycles. The number of nitrogens with one attached hydrogen (secondary N) is 1. The van der Waals surface area contributed by atoms with Gasteiger partial charge in [-0.1, -0.05) is 27.5 Å². The maximum Gasteiger partial charge on any atom is 0.136 e. The number of nitrogens with zero attached hydrogens (tertiary/aromatic N) is 2. The molecule has 0 saturated carbocycles. The summed E-state index contributed by atoms with van der Waals surface area (Å²) in [6, 6.07) is 7.22. The average molecular weight is 314 g/mol. The number of nitrogens with two attached hydrogens (primary N) is 1. The van der Waals surface area contributed by atoms with Crippen LogP contribution < -0.4 is 11.1 Å². The number of nitrogen functional groups attached to an aromatic ring is 1. The van der Waals surface area contributed by atoms with Crippen molar-refractivity contribution in [2.24, 2.45) is 0 Å². The maximum atomic E-state index is 6.09. The normalized spacial score (nSPS) is 10.3. The lowest BCUT2D eigenvalue weighted by molar-refractivity contribution is 1.06. The Balaban J connectivity index is 2.31. The van der Waals surface area contributed by atoms with Gasteiger partial charge in [-0.2, -0.15) is 0 Å². The molecule has 0 unspecified atom stereocenters. The van der Waals surface area contributed by atoms with Gasteiger partial charge in [-0.05, 0) is 25.1 Å². The van der Waals surface area contributed by atoms with Gasteiger partial charge in [0.2, 0.25) is 0 Å². The molecule has 1 aromatic carbocycles. The molecule has 0 amide bonds. The zero-order valence-corrected chi connectivity index (χ0v) is 11.4. The summed E-state index contributed by atoms with van der Waals surface area (Å²) in [6.45, 7) is 1.78. The molecule has 3 N–H and O–H groups in total. The van der Waals surface area contributed by atoms with E-state index in [0.717, 1.165) is 10.2 Å². The van der Waals surface area contributed by atoms with Crippen molar-refractivity contribution in [3.8, 4) is 0 Å². The lowest BCUT2D eigenvalue weighted by Crippen LogP contribution is -2.00. The third kappa shape index (κ3) is 3.08. The van der Waals surface area contributed by atoms with Gasteiger partial charge in [0.05, 0.1) is 10.7 Å². The van der Waals surface area contributed by atoms with Crippen LogP contribution in [-0.4, -0.2) is 9.97 Å². The van der Waals surface area contributed by atoms with Crippen molar-refractivity contribution in [2.75, 3.05) is 11.1 Å². The Bertz CT molecular complexity index is 539. The number of rotatable bonds is 2. The van der Waals surface area contributed by atoms with Crippen molar-refractivity contribution >= 4 is 44.9 Å². The Morgan fingerprint density at radius 3 is 2.71 bits per heavy atom. The van der Waals surface area contributed by atoms with Crippen LogP contribution in [0, 0.1) is 6.92 Å². The summed E-state index contributed by atoms with van der Waals surface area (Å²) in [5.74, 6) is 1.66. The maximum absolute atomic E-state index is 6.09. The van der Waals surface area contributed by atoms with Crippen LogP contribution in [0.3, 0.4) is 0 Å². The molecule has 0 atom stereocenters. The highest BCUT2D eigenvalue weighted by Crippen LogP contribution is 2.28. The number of aryl methyl sites for hydroxylation is 1. The van der Waals surface area contributed by atoms with E-state index in [0.29, 0.717) is 22.5 Å². The van der Waals surface area contributed by atoms with Gasteiger partial charge in [-0.25, -0.2) is 9.97 Å². The van der Waals surface area contributed by atoms with Crippen LogP contribution in [0.1, 0.15) is 5.82 Å². The first kappa shape index (κ1) is 12.1. The van der Waals surface area contributed by atoms with Crippen LogP contribution in [0.15, 0.2) is 28.7 Å². The van der Waals surface area contributed by atoms with Crippen molar-refractivity contribution < 1.29 is 0 Å². The summed E-state index contributed by atoms with van der Waals surface area (Å²) in [5, 5.41) is 3.70. The lowest BCUT2D eigenvalue weighted by atomic mass is 10.3. The molecule has 0 radical (unpaired) electrons. The van der Waals surface area contributed by atoms with Gasteiger partial charge < -0.3 is 11.1 Å². The zero-order chi connectivity index (χ0) is 12.4. The van der Waals surface area contributed by atoms with Crippen LogP contribution in [0.4, 0.5) is 17.3 Å². The fourth-order valence-corrected chi connectivity index (χ4v) is 2.10. The molecular formula is C11H10BrClN4. The predicted molar refractivity (Wildman–Crippen MR) is 73.6 cm³/mol. The minimum atomic E-state index is 0.424. The van der Waals surface area contributed by atoms with Crippen LogP contribution >= 0.6 is 27.5 Å². The van der Waals surface area contributed by atoms with Gasteiger partial charge in [-0.15, -0.1) is 0 Å². The number of hydrogen-bond donors (Lipinski definition) is 2. The highest BCUT2D eigenvalue weighted by Gasteiger charge is 2.04. The fourth-order valence-electron chi connectivity index (χ4n) is 1.38. The smallest absolute Gasteiger partial charge is 0.136 e. The van der Waals surface area contributed by atoms with Crippen molar-refractivity contribution in [2.45, 2.75) is 6.92 Å². The molecule has 0 aliphatic heterocycles. The average Bonchev–Trinajstić information content (AvgIpc) is 2.21. The Labute approximate surface area is 112 Å². The van der Waals surface area contributed by atoms with E-state index in [1.807, 2.05) is 12.1 Å². The van der Waals surface area contributed by atoms with Crippen molar-refractivity contribution in [1.29, 1.82) is 0 Å². The molecule has 0 fully saturated rings. The largest absolute Gasteiger partial charge is 0.384 e. The second kappa shape index (κ2) is 4.89. The first-order valence-electron chi connectivity index (χ1n) is 4.88. The Morgan fingerprint density at radius 1 is 1.29 bits per heavy atom. The van der Waals surface area contributed by atoms with E-state index < -0.39 is 0 Å². The van der Waals surface area contributed by atoms with E-state index >= 15 is 0 Å². The van der Waals surface area contributed by atoms with E-state index in [-0.39, 0.29) is 0 Å². The van der Waals surface area contributed by atoms with E-state index in [2.05, 4.69) is 31.2 Å². The van der Waals surface area contributed by atoms with Gasteiger partial charge in [0.25, 0.3) is 0 Å². The van der Waals surface area contributed by atoms with E-state index in [9.17, 15) is 0 Å². The number of halogens is 2. The Hall–Kier alpha value is -1.33. The molecule has 1 aromatic heterocycles. The molecule has 88 valence electrons. The minimum Gasteiger partial charge on any atom is -0.384 e. The molecule has 17 heavy (non-hydrogen) atoms. The van der Waals surface area contributed by atoms with Gasteiger partial charge in [0, 0.05) is 10.5 Å². The number of benzene rings is 1. The topological polar surface area (TPSA) is 63.8 Å². The zero-order valence-electron chi connectivity index (χ0n) is 9.04. The highest BCUT2D eigenvalue weighted by molar-refractivity contribution is 9.10. The Morgan fingerprint density at radius 2 is 2.06 bits per heavy atom. The van der Waals surface area contributed by atoms with Gasteiger partial charge in [0.1, 0.15) is 17.5 Å². The summed E-state index contributed by atoms with van der Waals surface area (Å²) >= 11 is 9.44. The second-order valence-electron chi connectivity index (χ2n) is 3.47. The van der Waals surface area contributed by atoms with Crippen LogP contribution in [0.2, 0.25) is 5.02 Å². The number of aromatic nitrogens is 2. The summed E-state index contributed by atoms with van der Waals surface area (Å²) in [7, 11) is 0. The van der Waals surface area contributed by atoms with Crippen LogP contribution in [-0.2, 0) is 0 Å². The van der Waals surface area contributed by atoms with Crippen molar-refractivity contribution in [1.82, 2.24) is 9.97 Å². The number of hydrogen-bond acceptors (Lipinski definition) is 4. The van der Waals surface area contributed by atoms with Crippen molar-refractivity contribution in [3.63, 3.8) is 0 Å². The fraction of sp³-hybridized carbons (Fsp3) is 0.0909. The molecule has 0 spiro atoms. The molecular weight excluding hydrogens is 304 g/mol. The van der Waals surface area contributed by atoms with E-state index in [1.54, 1.807) is 19.1 Å². The summed E-state index contributed by atoms with van der Waals surface area (Å²) in [5.41, 5.74) is 6.41. The van der Waals surface area contributed by atoms with Gasteiger partial charge in [-0.3, -0.25) is 0 Å². The van der Waals surface area contributed by atoms with E-state index in [4.69, 9.17) is 17.3 Å². The SMILES string of the molecule is Cc1nc(N)cc(Nc2ccc(Br)cc2Cl)n1. The molecule has 2 aromatic rings. The molecule has 0 bridgehead atoms. The summed E-state index contributed by atoms with van der Waals surface area (Å²) < 4.78 is 0.923. The Kier molecular flexibility index (Phi) is 3.49. The quantitative estimate of drug-likeness (QED) is 0.890. The van der Waals surface area contributed by atoms with Crippen LogP contribution in [0.5, 0.6) is 0 Å². The molecule has 6 heteroatoms. The third-order valence-corrected chi connectivity index (χ3v) is 2.86. The molecule has 2 rings (SSSR count). The van der Waals surface area contributed by atoms with Gasteiger partial charge >= 0.3 is 0 Å². The molecule has 1 heterocycles. The van der Waals surface area contributed by atoms with E-state index in [1.165, 1.54) is 0 Å². The van der Waals surface area contributed by atoms with Gasteiger partial charge in [0.15, 0.2) is 0 Å².